The number of rotatable bonds is 6. The third-order valence-corrected chi connectivity index (χ3v) is 4.63. The molecule has 0 amide bonds. The molecule has 1 atom stereocenters. The molecule has 1 fully saturated rings. The van der Waals surface area contributed by atoms with Crippen LogP contribution in [0.2, 0.25) is 0 Å². The Hall–Kier alpha value is -2.40. The fraction of sp³-hybridized carbons (Fsp3) is 0.429. The summed E-state index contributed by atoms with van der Waals surface area (Å²) in [4.78, 5) is 19.1. The highest BCUT2D eigenvalue weighted by molar-refractivity contribution is 5.83. The van der Waals surface area contributed by atoms with Gasteiger partial charge < -0.3 is 15.0 Å². The van der Waals surface area contributed by atoms with Crippen molar-refractivity contribution in [3.05, 3.63) is 42.6 Å². The normalized spacial score (nSPS) is 16.9. The van der Waals surface area contributed by atoms with Crippen LogP contribution in [0.4, 0.5) is 5.82 Å². The molecular weight excluding hydrogens is 326 g/mol. The highest BCUT2D eigenvalue weighted by Gasteiger charge is 2.28. The number of anilines is 1. The Morgan fingerprint density at radius 3 is 2.77 bits per heavy atom. The molecule has 2 aromatic rings. The maximum absolute atomic E-state index is 12.3. The van der Waals surface area contributed by atoms with Crippen molar-refractivity contribution in [2.24, 2.45) is 5.92 Å². The van der Waals surface area contributed by atoms with Crippen LogP contribution in [-0.4, -0.2) is 36.6 Å². The molecule has 0 spiro atoms. The summed E-state index contributed by atoms with van der Waals surface area (Å²) in [6.07, 6.45) is 2.85. The molecule has 1 aromatic heterocycles. The molecule has 0 bridgehead atoms. The number of carbonyl (C=O) groups is 1. The lowest BCUT2D eigenvalue weighted by molar-refractivity contribution is -0.137. The smallest absolute Gasteiger partial charge is 0.313 e. The number of nitrogens with one attached hydrogen (secondary N) is 1. The number of esters is 1. The van der Waals surface area contributed by atoms with E-state index < -0.39 is 0 Å². The topological polar surface area (TPSA) is 54.5 Å². The van der Waals surface area contributed by atoms with Gasteiger partial charge in [-0.1, -0.05) is 51.1 Å². The Morgan fingerprint density at radius 2 is 2.08 bits per heavy atom. The average Bonchev–Trinajstić information content (AvgIpc) is 3.11. The van der Waals surface area contributed by atoms with E-state index in [0.29, 0.717) is 11.8 Å². The Morgan fingerprint density at radius 1 is 1.31 bits per heavy atom. The second-order valence-corrected chi connectivity index (χ2v) is 6.94. The van der Waals surface area contributed by atoms with Gasteiger partial charge in [-0.05, 0) is 24.6 Å². The molecular formula is C21H27N3O2. The van der Waals surface area contributed by atoms with Gasteiger partial charge in [-0.15, -0.1) is 0 Å². The average molecular weight is 353 g/mol. The number of benzene rings is 1. The van der Waals surface area contributed by atoms with E-state index in [4.69, 9.17) is 4.74 Å². The summed E-state index contributed by atoms with van der Waals surface area (Å²) in [6, 6.07) is 12.4. The van der Waals surface area contributed by atoms with Crippen molar-refractivity contribution in [2.75, 3.05) is 24.5 Å². The molecule has 5 heteroatoms. The number of ether oxygens (including phenoxy) is 1. The molecule has 5 nitrogen and oxygen atoms in total. The minimum absolute atomic E-state index is 0.195. The van der Waals surface area contributed by atoms with Crippen LogP contribution in [0.3, 0.4) is 0 Å². The largest absolute Gasteiger partial charge is 0.422 e. The summed E-state index contributed by atoms with van der Waals surface area (Å²) in [7, 11) is 0. The van der Waals surface area contributed by atoms with E-state index in [1.807, 2.05) is 50.2 Å². The number of likely N-dealkylation sites (N-methyl/N-ethyl adjacent to an activating group) is 1. The number of carbonyl (C=O) groups excluding carboxylic acids is 1. The Balaban J connectivity index is 1.99. The van der Waals surface area contributed by atoms with Gasteiger partial charge in [0.1, 0.15) is 0 Å². The molecule has 2 heterocycles. The van der Waals surface area contributed by atoms with E-state index in [9.17, 15) is 4.79 Å². The first-order valence-electron chi connectivity index (χ1n) is 9.34. The van der Waals surface area contributed by atoms with Crippen LogP contribution >= 0.6 is 0 Å². The van der Waals surface area contributed by atoms with Gasteiger partial charge in [0.25, 0.3) is 0 Å². The lowest BCUT2D eigenvalue weighted by Crippen LogP contribution is -2.32. The van der Waals surface area contributed by atoms with Crippen LogP contribution in [0.25, 0.3) is 11.1 Å². The first-order valence-corrected chi connectivity index (χ1v) is 9.34. The van der Waals surface area contributed by atoms with Crippen molar-refractivity contribution in [1.82, 2.24) is 10.3 Å². The highest BCUT2D eigenvalue weighted by Crippen LogP contribution is 2.38. The van der Waals surface area contributed by atoms with Gasteiger partial charge in [0.05, 0.1) is 5.92 Å². The first-order chi connectivity index (χ1) is 12.6. The highest BCUT2D eigenvalue weighted by atomic mass is 16.5. The zero-order valence-corrected chi connectivity index (χ0v) is 15.7. The molecule has 138 valence electrons. The standard InChI is InChI=1S/C21H27N3O2/c1-4-22-17-11-13-24(14-17)20-19(26-21(25)15(2)3)18(10-12-23-20)16-8-6-5-7-9-16/h5-10,12,15,17,22H,4,11,13-14H2,1-3H3/t17-/m1/s1. The van der Waals surface area contributed by atoms with E-state index >= 15 is 0 Å². The summed E-state index contributed by atoms with van der Waals surface area (Å²) in [6.45, 7) is 8.52. The van der Waals surface area contributed by atoms with Gasteiger partial charge in [-0.2, -0.15) is 0 Å². The predicted molar refractivity (Wildman–Crippen MR) is 104 cm³/mol. The molecule has 1 aromatic carbocycles. The summed E-state index contributed by atoms with van der Waals surface area (Å²) < 4.78 is 5.84. The third-order valence-electron chi connectivity index (χ3n) is 4.63. The SMILES string of the molecule is CCN[C@@H]1CCN(c2nccc(-c3ccccc3)c2OC(=O)C(C)C)C1. The van der Waals surface area contributed by atoms with E-state index in [1.54, 1.807) is 6.20 Å². The number of hydrogen-bond donors (Lipinski definition) is 1. The fourth-order valence-corrected chi connectivity index (χ4v) is 3.23. The summed E-state index contributed by atoms with van der Waals surface area (Å²) in [5.74, 6) is 0.883. The van der Waals surface area contributed by atoms with Crippen LogP contribution in [0.5, 0.6) is 5.75 Å². The van der Waals surface area contributed by atoms with Crippen LogP contribution in [0, 0.1) is 5.92 Å². The lowest BCUT2D eigenvalue weighted by atomic mass is 10.1. The second-order valence-electron chi connectivity index (χ2n) is 6.94. The van der Waals surface area contributed by atoms with Crippen molar-refractivity contribution < 1.29 is 9.53 Å². The second kappa shape index (κ2) is 8.32. The minimum Gasteiger partial charge on any atom is -0.422 e. The molecule has 3 rings (SSSR count). The number of aromatic nitrogens is 1. The molecule has 26 heavy (non-hydrogen) atoms. The van der Waals surface area contributed by atoms with Gasteiger partial charge in [0.2, 0.25) is 0 Å². The molecule has 1 aliphatic heterocycles. The Bertz CT molecular complexity index is 746. The summed E-state index contributed by atoms with van der Waals surface area (Å²) >= 11 is 0. The van der Waals surface area contributed by atoms with E-state index in [2.05, 4.69) is 22.1 Å². The number of hydrogen-bond acceptors (Lipinski definition) is 5. The molecule has 0 unspecified atom stereocenters. The minimum atomic E-state index is -0.237. The first kappa shape index (κ1) is 18.4. The van der Waals surface area contributed by atoms with Crippen LogP contribution in [0.15, 0.2) is 42.6 Å². The van der Waals surface area contributed by atoms with Crippen molar-refractivity contribution in [3.8, 4) is 16.9 Å². The number of nitrogens with zero attached hydrogens (tertiary/aromatic N) is 2. The predicted octanol–water partition coefficient (Wildman–Crippen LogP) is 3.50. The van der Waals surface area contributed by atoms with Crippen molar-refractivity contribution >= 4 is 11.8 Å². The zero-order valence-electron chi connectivity index (χ0n) is 15.7. The lowest BCUT2D eigenvalue weighted by Gasteiger charge is -2.22. The quantitative estimate of drug-likeness (QED) is 0.806. The van der Waals surface area contributed by atoms with Crippen LogP contribution in [-0.2, 0) is 4.79 Å². The van der Waals surface area contributed by atoms with Gasteiger partial charge in [-0.3, -0.25) is 4.79 Å². The maximum Gasteiger partial charge on any atom is 0.313 e. The van der Waals surface area contributed by atoms with Gasteiger partial charge in [-0.25, -0.2) is 4.98 Å². The van der Waals surface area contributed by atoms with Gasteiger partial charge in [0, 0.05) is 30.9 Å². The number of pyridine rings is 1. The fourth-order valence-electron chi connectivity index (χ4n) is 3.23. The van der Waals surface area contributed by atoms with Gasteiger partial charge in [0.15, 0.2) is 11.6 Å². The Labute approximate surface area is 155 Å². The molecule has 1 saturated heterocycles. The van der Waals surface area contributed by atoms with Gasteiger partial charge >= 0.3 is 5.97 Å². The zero-order chi connectivity index (χ0) is 18.5. The van der Waals surface area contributed by atoms with E-state index in [0.717, 1.165) is 43.0 Å². The van der Waals surface area contributed by atoms with Crippen LogP contribution in [0.1, 0.15) is 27.2 Å². The summed E-state index contributed by atoms with van der Waals surface area (Å²) in [5.41, 5.74) is 1.92. The molecule has 0 aliphatic carbocycles. The van der Waals surface area contributed by atoms with Crippen molar-refractivity contribution in [1.29, 1.82) is 0 Å². The van der Waals surface area contributed by atoms with E-state index in [-0.39, 0.29) is 11.9 Å². The Kier molecular flexibility index (Phi) is 5.89. The third kappa shape index (κ3) is 4.05. The molecule has 1 N–H and O–H groups in total. The van der Waals surface area contributed by atoms with E-state index in [1.165, 1.54) is 0 Å². The van der Waals surface area contributed by atoms with Crippen molar-refractivity contribution in [2.45, 2.75) is 33.2 Å². The maximum atomic E-state index is 12.3. The van der Waals surface area contributed by atoms with Crippen molar-refractivity contribution in [3.63, 3.8) is 0 Å². The molecule has 1 aliphatic rings. The molecule has 0 saturated carbocycles. The van der Waals surface area contributed by atoms with Crippen LogP contribution < -0.4 is 15.0 Å². The monoisotopic (exact) mass is 353 g/mol. The summed E-state index contributed by atoms with van der Waals surface area (Å²) in [5, 5.41) is 3.49. The molecule has 0 radical (unpaired) electrons.